The van der Waals surface area contributed by atoms with Gasteiger partial charge in [0.15, 0.2) is 6.04 Å². The topological polar surface area (TPSA) is 66.8 Å². The van der Waals surface area contributed by atoms with E-state index in [9.17, 15) is 14.7 Å². The summed E-state index contributed by atoms with van der Waals surface area (Å²) in [5.41, 5.74) is 1.23. The van der Waals surface area contributed by atoms with E-state index in [-0.39, 0.29) is 6.61 Å². The SMILES string of the molecule is CN(C(=O)OCc1ccccc1)C(C(=O)O)c1cccc(Cl)c1. The van der Waals surface area contributed by atoms with Crippen LogP contribution in [0.15, 0.2) is 54.6 Å². The first-order valence-corrected chi connectivity index (χ1v) is 7.28. The second-order valence-corrected chi connectivity index (χ2v) is 5.38. The lowest BCUT2D eigenvalue weighted by Gasteiger charge is -2.24. The van der Waals surface area contributed by atoms with Crippen molar-refractivity contribution in [3.8, 4) is 0 Å². The van der Waals surface area contributed by atoms with Crippen LogP contribution in [0.25, 0.3) is 0 Å². The third-order valence-corrected chi connectivity index (χ3v) is 3.51. The van der Waals surface area contributed by atoms with Gasteiger partial charge in [0.25, 0.3) is 0 Å². The Balaban J connectivity index is 2.10. The van der Waals surface area contributed by atoms with Gasteiger partial charge >= 0.3 is 12.1 Å². The molecule has 0 aliphatic carbocycles. The van der Waals surface area contributed by atoms with Crippen molar-refractivity contribution in [2.75, 3.05) is 7.05 Å². The van der Waals surface area contributed by atoms with E-state index in [4.69, 9.17) is 16.3 Å². The number of benzene rings is 2. The summed E-state index contributed by atoms with van der Waals surface area (Å²) in [6.45, 7) is 0.0753. The van der Waals surface area contributed by atoms with E-state index < -0.39 is 18.1 Å². The number of carboxylic acid groups (broad SMARTS) is 1. The van der Waals surface area contributed by atoms with E-state index in [1.54, 1.807) is 18.2 Å². The third kappa shape index (κ3) is 4.47. The Labute approximate surface area is 139 Å². The van der Waals surface area contributed by atoms with Crippen LogP contribution in [0, 0.1) is 0 Å². The highest BCUT2D eigenvalue weighted by Crippen LogP contribution is 2.23. The van der Waals surface area contributed by atoms with Gasteiger partial charge < -0.3 is 9.84 Å². The highest BCUT2D eigenvalue weighted by molar-refractivity contribution is 6.30. The number of carbonyl (C=O) groups excluding carboxylic acids is 1. The second kappa shape index (κ2) is 7.65. The molecule has 0 bridgehead atoms. The molecular weight excluding hydrogens is 318 g/mol. The molecule has 1 N–H and O–H groups in total. The van der Waals surface area contributed by atoms with Crippen LogP contribution in [-0.4, -0.2) is 29.1 Å². The van der Waals surface area contributed by atoms with Gasteiger partial charge in [-0.15, -0.1) is 0 Å². The molecule has 5 nitrogen and oxygen atoms in total. The zero-order chi connectivity index (χ0) is 16.8. The molecule has 0 spiro atoms. The number of nitrogens with zero attached hydrogens (tertiary/aromatic N) is 1. The molecule has 0 aliphatic heterocycles. The van der Waals surface area contributed by atoms with Gasteiger partial charge in [-0.2, -0.15) is 0 Å². The van der Waals surface area contributed by atoms with Gasteiger partial charge in [-0.1, -0.05) is 54.1 Å². The number of carboxylic acids is 1. The van der Waals surface area contributed by atoms with E-state index in [0.29, 0.717) is 10.6 Å². The van der Waals surface area contributed by atoms with Crippen LogP contribution in [0.3, 0.4) is 0 Å². The smallest absolute Gasteiger partial charge is 0.410 e. The predicted octanol–water partition coefficient (Wildman–Crippen LogP) is 3.73. The zero-order valence-corrected chi connectivity index (χ0v) is 13.2. The maximum absolute atomic E-state index is 12.1. The Morgan fingerprint density at radius 2 is 1.87 bits per heavy atom. The molecule has 120 valence electrons. The van der Waals surface area contributed by atoms with Crippen LogP contribution >= 0.6 is 11.6 Å². The molecule has 23 heavy (non-hydrogen) atoms. The highest BCUT2D eigenvalue weighted by atomic mass is 35.5. The van der Waals surface area contributed by atoms with Crippen LogP contribution < -0.4 is 0 Å². The Kier molecular flexibility index (Phi) is 5.60. The standard InChI is InChI=1S/C17H16ClNO4/c1-19(17(22)23-11-12-6-3-2-4-7-12)15(16(20)21)13-8-5-9-14(18)10-13/h2-10,15H,11H2,1H3,(H,20,21). The fourth-order valence-corrected chi connectivity index (χ4v) is 2.33. The average Bonchev–Trinajstić information content (AvgIpc) is 2.53. The predicted molar refractivity (Wildman–Crippen MR) is 86.2 cm³/mol. The fourth-order valence-electron chi connectivity index (χ4n) is 2.14. The van der Waals surface area contributed by atoms with E-state index >= 15 is 0 Å². The first-order chi connectivity index (χ1) is 11.0. The van der Waals surface area contributed by atoms with Crippen LogP contribution in [0.1, 0.15) is 17.2 Å². The van der Waals surface area contributed by atoms with Crippen molar-refractivity contribution in [3.63, 3.8) is 0 Å². The molecule has 2 aromatic rings. The van der Waals surface area contributed by atoms with Crippen LogP contribution in [0.5, 0.6) is 0 Å². The molecule has 1 unspecified atom stereocenters. The minimum absolute atomic E-state index is 0.0753. The molecule has 0 saturated heterocycles. The third-order valence-electron chi connectivity index (χ3n) is 3.28. The summed E-state index contributed by atoms with van der Waals surface area (Å²) in [4.78, 5) is 24.7. The van der Waals surface area contributed by atoms with Crippen molar-refractivity contribution >= 4 is 23.7 Å². The minimum atomic E-state index is -1.17. The van der Waals surface area contributed by atoms with Crippen molar-refractivity contribution in [1.82, 2.24) is 4.90 Å². The summed E-state index contributed by atoms with van der Waals surface area (Å²) in [6, 6.07) is 14.4. The van der Waals surface area contributed by atoms with Crippen molar-refractivity contribution in [2.45, 2.75) is 12.6 Å². The molecule has 6 heteroatoms. The number of hydrogen-bond donors (Lipinski definition) is 1. The molecule has 0 radical (unpaired) electrons. The van der Waals surface area contributed by atoms with Gasteiger partial charge in [0, 0.05) is 12.1 Å². The first-order valence-electron chi connectivity index (χ1n) is 6.91. The highest BCUT2D eigenvalue weighted by Gasteiger charge is 2.29. The van der Waals surface area contributed by atoms with E-state index in [1.807, 2.05) is 30.3 Å². The van der Waals surface area contributed by atoms with Crippen LogP contribution in [0.4, 0.5) is 4.79 Å². The summed E-state index contributed by atoms with van der Waals surface area (Å²) in [7, 11) is 1.38. The average molecular weight is 334 g/mol. The minimum Gasteiger partial charge on any atom is -0.479 e. The molecule has 1 atom stereocenters. The molecule has 2 aromatic carbocycles. The number of halogens is 1. The van der Waals surface area contributed by atoms with Gasteiger partial charge in [-0.3, -0.25) is 4.90 Å². The molecular formula is C17H16ClNO4. The molecule has 0 heterocycles. The summed E-state index contributed by atoms with van der Waals surface area (Å²) in [5.74, 6) is -1.16. The number of hydrogen-bond acceptors (Lipinski definition) is 3. The van der Waals surface area contributed by atoms with E-state index in [0.717, 1.165) is 10.5 Å². The molecule has 0 saturated carbocycles. The maximum atomic E-state index is 12.1. The fraction of sp³-hybridized carbons (Fsp3) is 0.176. The van der Waals surface area contributed by atoms with Crippen LogP contribution in [0.2, 0.25) is 5.02 Å². The number of carbonyl (C=O) groups is 2. The van der Waals surface area contributed by atoms with E-state index in [2.05, 4.69) is 0 Å². The van der Waals surface area contributed by atoms with E-state index in [1.165, 1.54) is 13.1 Å². The Hall–Kier alpha value is -2.53. The number of likely N-dealkylation sites (N-methyl/N-ethyl adjacent to an activating group) is 1. The van der Waals surface area contributed by atoms with Gasteiger partial charge in [0.05, 0.1) is 0 Å². The Bertz CT molecular complexity index is 690. The van der Waals surface area contributed by atoms with Gasteiger partial charge in [-0.05, 0) is 23.3 Å². The molecule has 0 aliphatic rings. The summed E-state index contributed by atoms with van der Waals surface area (Å²) >= 11 is 5.89. The maximum Gasteiger partial charge on any atom is 0.410 e. The van der Waals surface area contributed by atoms with Crippen LogP contribution in [-0.2, 0) is 16.1 Å². The summed E-state index contributed by atoms with van der Waals surface area (Å²) < 4.78 is 5.16. The molecule has 2 rings (SSSR count). The zero-order valence-electron chi connectivity index (χ0n) is 12.5. The second-order valence-electron chi connectivity index (χ2n) is 4.95. The normalized spacial score (nSPS) is 11.6. The van der Waals surface area contributed by atoms with Crippen molar-refractivity contribution in [3.05, 3.63) is 70.7 Å². The lowest BCUT2D eigenvalue weighted by atomic mass is 10.1. The van der Waals surface area contributed by atoms with Gasteiger partial charge in [-0.25, -0.2) is 9.59 Å². The van der Waals surface area contributed by atoms with Crippen molar-refractivity contribution in [2.24, 2.45) is 0 Å². The Morgan fingerprint density at radius 3 is 2.48 bits per heavy atom. The first kappa shape index (κ1) is 16.8. The summed E-state index contributed by atoms with van der Waals surface area (Å²) in [6.07, 6.45) is -0.721. The monoisotopic (exact) mass is 333 g/mol. The Morgan fingerprint density at radius 1 is 1.17 bits per heavy atom. The lowest BCUT2D eigenvalue weighted by Crippen LogP contribution is -2.36. The number of rotatable bonds is 5. The number of aliphatic carboxylic acids is 1. The van der Waals surface area contributed by atoms with Crippen molar-refractivity contribution in [1.29, 1.82) is 0 Å². The molecule has 1 amide bonds. The quantitative estimate of drug-likeness (QED) is 0.905. The molecule has 0 fully saturated rings. The molecule has 0 aromatic heterocycles. The van der Waals surface area contributed by atoms with Gasteiger partial charge in [0.1, 0.15) is 6.61 Å². The lowest BCUT2D eigenvalue weighted by molar-refractivity contribution is -0.142. The van der Waals surface area contributed by atoms with Crippen molar-refractivity contribution < 1.29 is 19.4 Å². The largest absolute Gasteiger partial charge is 0.479 e. The number of ether oxygens (including phenoxy) is 1. The summed E-state index contributed by atoms with van der Waals surface area (Å²) in [5, 5.41) is 9.83. The van der Waals surface area contributed by atoms with Gasteiger partial charge in [0.2, 0.25) is 0 Å². The number of amides is 1.